The zero-order valence-electron chi connectivity index (χ0n) is 15.2. The van der Waals surface area contributed by atoms with Crippen molar-refractivity contribution < 1.29 is 9.59 Å². The molecule has 2 fully saturated rings. The van der Waals surface area contributed by atoms with Crippen molar-refractivity contribution in [2.75, 3.05) is 32.7 Å². The van der Waals surface area contributed by atoms with Gasteiger partial charge in [-0.3, -0.25) is 14.4 Å². The number of amides is 2. The van der Waals surface area contributed by atoms with E-state index in [0.717, 1.165) is 39.0 Å². The summed E-state index contributed by atoms with van der Waals surface area (Å²) in [4.78, 5) is 42.1. The Hall–Kier alpha value is -2.67. The van der Waals surface area contributed by atoms with Crippen LogP contribution in [0.4, 0.5) is 0 Å². The molecule has 7 heteroatoms. The molecule has 2 amide bonds. The summed E-state index contributed by atoms with van der Waals surface area (Å²) in [6.45, 7) is 3.47. The molecule has 0 bridgehead atoms. The molecule has 1 spiro atoms. The van der Waals surface area contributed by atoms with Gasteiger partial charge in [-0.2, -0.15) is 0 Å². The lowest BCUT2D eigenvalue weighted by atomic mass is 9.78. The van der Waals surface area contributed by atoms with Crippen LogP contribution in [0, 0.1) is 5.41 Å². The number of fused-ring (bicyclic) bond motifs is 1. The molecular formula is C20H24N4O3. The molecule has 2 aromatic rings. The van der Waals surface area contributed by atoms with Crippen molar-refractivity contribution in [1.29, 1.82) is 0 Å². The highest BCUT2D eigenvalue weighted by molar-refractivity contribution is 5.98. The van der Waals surface area contributed by atoms with Crippen molar-refractivity contribution >= 4 is 22.7 Å². The summed E-state index contributed by atoms with van der Waals surface area (Å²) < 4.78 is 0. The molecule has 27 heavy (non-hydrogen) atoms. The Bertz CT molecular complexity index is 920. The first-order chi connectivity index (χ1) is 13.1. The van der Waals surface area contributed by atoms with Gasteiger partial charge in [0.05, 0.1) is 6.54 Å². The standard InChI is InChI=1S/C20H24N4O3/c25-17(24-9-6-20(7-10-24)5-8-21-13-20)12-23-19(27)15-11-22-16-4-2-1-3-14(16)18(15)26/h1-4,11,21H,5-10,12-13H2,(H,22,26)(H,23,27). The molecule has 0 atom stereocenters. The van der Waals surface area contributed by atoms with E-state index in [1.807, 2.05) is 11.0 Å². The normalized spacial score (nSPS) is 18.7. The number of rotatable bonds is 3. The Balaban J connectivity index is 1.36. The number of benzene rings is 1. The van der Waals surface area contributed by atoms with Crippen LogP contribution in [0.1, 0.15) is 29.6 Å². The van der Waals surface area contributed by atoms with Crippen LogP contribution in [0.15, 0.2) is 35.3 Å². The number of carbonyl (C=O) groups is 2. The second-order valence-corrected chi connectivity index (χ2v) is 7.57. The average Bonchev–Trinajstić information content (AvgIpc) is 3.15. The lowest BCUT2D eigenvalue weighted by molar-refractivity contribution is -0.132. The number of para-hydroxylation sites is 1. The number of aromatic nitrogens is 1. The van der Waals surface area contributed by atoms with Crippen molar-refractivity contribution in [3.63, 3.8) is 0 Å². The number of pyridine rings is 1. The van der Waals surface area contributed by atoms with Gasteiger partial charge in [0.15, 0.2) is 0 Å². The molecule has 0 saturated carbocycles. The van der Waals surface area contributed by atoms with Crippen LogP contribution in [0.3, 0.4) is 0 Å². The van der Waals surface area contributed by atoms with Crippen molar-refractivity contribution in [2.24, 2.45) is 5.41 Å². The van der Waals surface area contributed by atoms with Crippen molar-refractivity contribution in [2.45, 2.75) is 19.3 Å². The van der Waals surface area contributed by atoms with Gasteiger partial charge in [0, 0.05) is 36.7 Å². The van der Waals surface area contributed by atoms with E-state index in [2.05, 4.69) is 15.6 Å². The maximum Gasteiger partial charge on any atom is 0.257 e. The SMILES string of the molecule is O=C(NCC(=O)N1CCC2(CCNC2)CC1)c1c[nH]c2ccccc2c1=O. The third-order valence-corrected chi connectivity index (χ3v) is 5.94. The Morgan fingerprint density at radius 3 is 2.67 bits per heavy atom. The quantitative estimate of drug-likeness (QED) is 0.749. The van der Waals surface area contributed by atoms with E-state index in [1.165, 1.54) is 12.6 Å². The third kappa shape index (κ3) is 3.47. The van der Waals surface area contributed by atoms with Gasteiger partial charge in [-0.1, -0.05) is 12.1 Å². The van der Waals surface area contributed by atoms with E-state index in [4.69, 9.17) is 0 Å². The lowest BCUT2D eigenvalue weighted by Crippen LogP contribution is -2.47. The summed E-state index contributed by atoms with van der Waals surface area (Å²) in [7, 11) is 0. The smallest absolute Gasteiger partial charge is 0.257 e. The fraction of sp³-hybridized carbons (Fsp3) is 0.450. The second-order valence-electron chi connectivity index (χ2n) is 7.57. The highest BCUT2D eigenvalue weighted by Crippen LogP contribution is 2.36. The van der Waals surface area contributed by atoms with Gasteiger partial charge >= 0.3 is 0 Å². The van der Waals surface area contributed by atoms with E-state index in [9.17, 15) is 14.4 Å². The number of nitrogens with one attached hydrogen (secondary N) is 3. The lowest BCUT2D eigenvalue weighted by Gasteiger charge is -2.38. The van der Waals surface area contributed by atoms with Crippen molar-refractivity contribution in [3.05, 3.63) is 46.2 Å². The molecule has 2 saturated heterocycles. The monoisotopic (exact) mass is 368 g/mol. The minimum Gasteiger partial charge on any atom is -0.360 e. The fourth-order valence-electron chi connectivity index (χ4n) is 4.15. The predicted octanol–water partition coefficient (Wildman–Crippen LogP) is 0.860. The van der Waals surface area contributed by atoms with Gasteiger partial charge in [-0.25, -0.2) is 0 Å². The first kappa shape index (κ1) is 17.7. The molecule has 2 aliphatic heterocycles. The van der Waals surface area contributed by atoms with E-state index in [-0.39, 0.29) is 23.4 Å². The molecular weight excluding hydrogens is 344 g/mol. The second kappa shape index (κ2) is 7.15. The van der Waals surface area contributed by atoms with Gasteiger partial charge in [0.2, 0.25) is 11.3 Å². The van der Waals surface area contributed by atoms with Gasteiger partial charge in [-0.05, 0) is 43.4 Å². The van der Waals surface area contributed by atoms with Crippen LogP contribution in [0.5, 0.6) is 0 Å². The zero-order chi connectivity index (χ0) is 18.9. The molecule has 0 radical (unpaired) electrons. The molecule has 2 aliphatic rings. The average molecular weight is 368 g/mol. The highest BCUT2D eigenvalue weighted by Gasteiger charge is 2.37. The van der Waals surface area contributed by atoms with Crippen LogP contribution >= 0.6 is 0 Å². The highest BCUT2D eigenvalue weighted by atomic mass is 16.2. The van der Waals surface area contributed by atoms with E-state index in [1.54, 1.807) is 18.2 Å². The molecule has 3 heterocycles. The Morgan fingerprint density at radius 1 is 1.15 bits per heavy atom. The van der Waals surface area contributed by atoms with Gasteiger partial charge in [-0.15, -0.1) is 0 Å². The van der Waals surface area contributed by atoms with Gasteiger partial charge < -0.3 is 20.5 Å². The van der Waals surface area contributed by atoms with E-state index in [0.29, 0.717) is 16.3 Å². The maximum absolute atomic E-state index is 12.5. The number of H-pyrrole nitrogens is 1. The van der Waals surface area contributed by atoms with Gasteiger partial charge in [0.1, 0.15) is 5.56 Å². The number of carbonyl (C=O) groups excluding carboxylic acids is 2. The summed E-state index contributed by atoms with van der Waals surface area (Å²) in [6, 6.07) is 7.04. The summed E-state index contributed by atoms with van der Waals surface area (Å²) in [6.07, 6.45) is 4.59. The molecule has 4 rings (SSSR count). The number of aromatic amines is 1. The van der Waals surface area contributed by atoms with Crippen LogP contribution in [0.2, 0.25) is 0 Å². The maximum atomic E-state index is 12.5. The third-order valence-electron chi connectivity index (χ3n) is 5.94. The van der Waals surface area contributed by atoms with Gasteiger partial charge in [0.25, 0.3) is 5.91 Å². The fourth-order valence-corrected chi connectivity index (χ4v) is 4.15. The molecule has 1 aromatic carbocycles. The van der Waals surface area contributed by atoms with Crippen LogP contribution in [-0.4, -0.2) is 54.4 Å². The number of hydrogen-bond acceptors (Lipinski definition) is 4. The first-order valence-corrected chi connectivity index (χ1v) is 9.45. The zero-order valence-corrected chi connectivity index (χ0v) is 15.2. The molecule has 0 unspecified atom stereocenters. The van der Waals surface area contributed by atoms with E-state index < -0.39 is 5.91 Å². The number of hydrogen-bond donors (Lipinski definition) is 3. The largest absolute Gasteiger partial charge is 0.360 e. The minimum atomic E-state index is -0.524. The number of piperidine rings is 1. The molecule has 7 nitrogen and oxygen atoms in total. The Kier molecular flexibility index (Phi) is 4.70. The Morgan fingerprint density at radius 2 is 1.93 bits per heavy atom. The first-order valence-electron chi connectivity index (χ1n) is 9.45. The van der Waals surface area contributed by atoms with Crippen LogP contribution in [-0.2, 0) is 4.79 Å². The van der Waals surface area contributed by atoms with Crippen LogP contribution in [0.25, 0.3) is 10.9 Å². The molecule has 1 aromatic heterocycles. The Labute approximate surface area is 157 Å². The molecule has 3 N–H and O–H groups in total. The predicted molar refractivity (Wildman–Crippen MR) is 103 cm³/mol. The summed E-state index contributed by atoms with van der Waals surface area (Å²) >= 11 is 0. The topological polar surface area (TPSA) is 94.3 Å². The van der Waals surface area contributed by atoms with Crippen molar-refractivity contribution in [3.8, 4) is 0 Å². The molecule has 142 valence electrons. The molecule has 0 aliphatic carbocycles. The number of likely N-dealkylation sites (tertiary alicyclic amines) is 1. The number of nitrogens with zero attached hydrogens (tertiary/aromatic N) is 1. The minimum absolute atomic E-state index is 0.0242. The van der Waals surface area contributed by atoms with E-state index >= 15 is 0 Å². The van der Waals surface area contributed by atoms with Crippen molar-refractivity contribution in [1.82, 2.24) is 20.5 Å². The van der Waals surface area contributed by atoms with Crippen LogP contribution < -0.4 is 16.1 Å². The summed E-state index contributed by atoms with van der Waals surface area (Å²) in [5.41, 5.74) is 0.719. The summed E-state index contributed by atoms with van der Waals surface area (Å²) in [5.74, 6) is -0.620. The summed E-state index contributed by atoms with van der Waals surface area (Å²) in [5, 5.41) is 6.47.